The Labute approximate surface area is 200 Å². The summed E-state index contributed by atoms with van der Waals surface area (Å²) < 4.78 is 10.6. The highest BCUT2D eigenvalue weighted by Gasteiger charge is 2.35. The summed E-state index contributed by atoms with van der Waals surface area (Å²) in [5, 5.41) is 18.7. The summed E-state index contributed by atoms with van der Waals surface area (Å²) in [6.07, 6.45) is 8.13. The van der Waals surface area contributed by atoms with Crippen molar-refractivity contribution >= 4 is 23.7 Å². The Balaban J connectivity index is 1.51. The largest absolute Gasteiger partial charge is 0.393 e. The molecule has 8 heteroatoms. The molecular formula is C25H36N4O3S. The average molecular weight is 473 g/mol. The third kappa shape index (κ3) is 4.66. The predicted molar refractivity (Wildman–Crippen MR) is 132 cm³/mol. The van der Waals surface area contributed by atoms with Gasteiger partial charge < -0.3 is 15.2 Å². The van der Waals surface area contributed by atoms with Gasteiger partial charge in [-0.25, -0.2) is 4.79 Å². The number of urea groups is 1. The minimum Gasteiger partial charge on any atom is -0.393 e. The molecule has 33 heavy (non-hydrogen) atoms. The number of aryl methyl sites for hydroxylation is 2. The molecule has 0 saturated heterocycles. The second-order valence-electron chi connectivity index (χ2n) is 9.40. The molecule has 2 aromatic rings. The predicted octanol–water partition coefficient (Wildman–Crippen LogP) is 4.90. The molecule has 2 amide bonds. The number of anilines is 1. The molecule has 180 valence electrons. The first-order valence-electron chi connectivity index (χ1n) is 12.1. The molecule has 1 aromatic carbocycles. The van der Waals surface area contributed by atoms with Gasteiger partial charge in [0.25, 0.3) is 0 Å². The van der Waals surface area contributed by atoms with Gasteiger partial charge in [0.15, 0.2) is 0 Å². The number of nitrogens with zero attached hydrogens (tertiary/aromatic N) is 2. The second-order valence-corrected chi connectivity index (χ2v) is 10.2. The van der Waals surface area contributed by atoms with Gasteiger partial charge in [-0.05, 0) is 87.1 Å². The highest BCUT2D eigenvalue weighted by atomic mass is 32.2. The van der Waals surface area contributed by atoms with Crippen molar-refractivity contribution in [3.8, 4) is 0 Å². The maximum atomic E-state index is 12.9. The Bertz CT molecular complexity index is 981. The number of benzene rings is 1. The molecule has 7 nitrogen and oxygen atoms in total. The number of amides is 2. The summed E-state index contributed by atoms with van der Waals surface area (Å²) in [7, 11) is 1.62. The minimum atomic E-state index is -0.807. The van der Waals surface area contributed by atoms with Crippen molar-refractivity contribution in [1.29, 1.82) is 0 Å². The van der Waals surface area contributed by atoms with E-state index in [0.717, 1.165) is 56.3 Å². The molecule has 1 heterocycles. The van der Waals surface area contributed by atoms with Crippen LogP contribution in [-0.4, -0.2) is 34.6 Å². The lowest BCUT2D eigenvalue weighted by Crippen LogP contribution is -2.35. The van der Waals surface area contributed by atoms with Crippen LogP contribution in [0.25, 0.3) is 0 Å². The molecule has 1 atom stereocenters. The summed E-state index contributed by atoms with van der Waals surface area (Å²) in [4.78, 5) is 12.9. The minimum absolute atomic E-state index is 0.0931. The van der Waals surface area contributed by atoms with E-state index in [9.17, 15) is 9.90 Å². The first-order valence-corrected chi connectivity index (χ1v) is 12.9. The number of methoxy groups -OCH3 is 1. The molecule has 2 aliphatic carbocycles. The molecule has 3 N–H and O–H groups in total. The molecular weight excluding hydrogens is 436 g/mol. The van der Waals surface area contributed by atoms with Gasteiger partial charge in [-0.2, -0.15) is 5.10 Å². The molecule has 0 aliphatic heterocycles. The van der Waals surface area contributed by atoms with E-state index in [1.54, 1.807) is 7.11 Å². The molecule has 1 unspecified atom stereocenters. The zero-order valence-electron chi connectivity index (χ0n) is 20.2. The fraction of sp³-hybridized carbons (Fsp3) is 0.600. The van der Waals surface area contributed by atoms with Crippen LogP contribution in [0, 0.1) is 0 Å². The molecule has 0 saturated carbocycles. The molecule has 0 bridgehead atoms. The summed E-state index contributed by atoms with van der Waals surface area (Å²) in [6.45, 7) is 6.03. The van der Waals surface area contributed by atoms with Crippen LogP contribution >= 0.6 is 11.9 Å². The first-order chi connectivity index (χ1) is 15.9. The Morgan fingerprint density at radius 2 is 1.88 bits per heavy atom. The number of fused-ring (bicyclic) bond motifs is 2. The van der Waals surface area contributed by atoms with Gasteiger partial charge in [-0.15, -0.1) is 0 Å². The summed E-state index contributed by atoms with van der Waals surface area (Å²) >= 11 is 1.19. The van der Waals surface area contributed by atoms with Crippen molar-refractivity contribution in [1.82, 2.24) is 14.5 Å². The van der Waals surface area contributed by atoms with Crippen LogP contribution in [0.5, 0.6) is 0 Å². The molecule has 0 radical (unpaired) electrons. The van der Waals surface area contributed by atoms with Crippen LogP contribution < -0.4 is 10.0 Å². The lowest BCUT2D eigenvalue weighted by atomic mass is 9.94. The summed E-state index contributed by atoms with van der Waals surface area (Å²) in [5.74, 6) is 0. The van der Waals surface area contributed by atoms with Crippen LogP contribution in [0.1, 0.15) is 80.4 Å². The quantitative estimate of drug-likeness (QED) is 0.452. The van der Waals surface area contributed by atoms with E-state index >= 15 is 0 Å². The number of carbonyl (C=O) groups excluding carboxylic acids is 1. The van der Waals surface area contributed by atoms with Gasteiger partial charge in [0.1, 0.15) is 10.6 Å². The number of hydrogen-bond donors (Lipinski definition) is 3. The SMILES string of the molecule is CCCC(CO)(OC)c1cc(SNC(=O)Nc2c3c(cc4c2CCC4)CCC3)nn1C(C)C. The average Bonchev–Trinajstić information content (AvgIpc) is 3.55. The number of ether oxygens (including phenoxy) is 1. The number of aliphatic hydroxyl groups is 1. The Hall–Kier alpha value is -2.03. The lowest BCUT2D eigenvalue weighted by Gasteiger charge is -2.31. The van der Waals surface area contributed by atoms with Crippen molar-refractivity contribution in [3.63, 3.8) is 0 Å². The van der Waals surface area contributed by atoms with E-state index in [1.165, 1.54) is 34.2 Å². The Morgan fingerprint density at radius 1 is 1.21 bits per heavy atom. The van der Waals surface area contributed by atoms with E-state index in [0.29, 0.717) is 11.4 Å². The smallest absolute Gasteiger partial charge is 0.329 e. The van der Waals surface area contributed by atoms with Crippen molar-refractivity contribution in [2.75, 3.05) is 19.0 Å². The number of rotatable bonds is 9. The fourth-order valence-electron chi connectivity index (χ4n) is 5.32. The Kier molecular flexibility index (Phi) is 7.36. The Morgan fingerprint density at radius 3 is 2.42 bits per heavy atom. The maximum Gasteiger partial charge on any atom is 0.329 e. The van der Waals surface area contributed by atoms with E-state index in [-0.39, 0.29) is 18.7 Å². The van der Waals surface area contributed by atoms with Crippen LogP contribution in [-0.2, 0) is 36.0 Å². The zero-order chi connectivity index (χ0) is 23.6. The summed E-state index contributed by atoms with van der Waals surface area (Å²) in [5.41, 5.74) is 6.48. The second kappa shape index (κ2) is 10.1. The molecule has 0 spiro atoms. The van der Waals surface area contributed by atoms with Crippen LogP contribution in [0.3, 0.4) is 0 Å². The number of aromatic nitrogens is 2. The molecule has 4 rings (SSSR count). The highest BCUT2D eigenvalue weighted by Crippen LogP contribution is 2.39. The lowest BCUT2D eigenvalue weighted by molar-refractivity contribution is -0.0702. The number of nitrogens with one attached hydrogen (secondary N) is 2. The van der Waals surface area contributed by atoms with E-state index in [4.69, 9.17) is 9.84 Å². The normalized spacial score (nSPS) is 16.5. The highest BCUT2D eigenvalue weighted by molar-refractivity contribution is 7.97. The third-order valence-corrected chi connectivity index (χ3v) is 7.63. The van der Waals surface area contributed by atoms with E-state index in [2.05, 4.69) is 23.0 Å². The maximum absolute atomic E-state index is 12.9. The van der Waals surface area contributed by atoms with E-state index < -0.39 is 5.60 Å². The van der Waals surface area contributed by atoms with Crippen LogP contribution in [0.4, 0.5) is 10.5 Å². The first kappa shape index (κ1) is 24.1. The van der Waals surface area contributed by atoms with Crippen molar-refractivity contribution in [3.05, 3.63) is 40.1 Å². The van der Waals surface area contributed by atoms with Crippen molar-refractivity contribution < 1.29 is 14.6 Å². The fourth-order valence-corrected chi connectivity index (χ4v) is 5.87. The molecule has 1 aromatic heterocycles. The molecule has 2 aliphatic rings. The van der Waals surface area contributed by atoms with Gasteiger partial charge in [-0.1, -0.05) is 19.4 Å². The zero-order valence-corrected chi connectivity index (χ0v) is 21.0. The number of hydrogen-bond acceptors (Lipinski definition) is 5. The van der Waals surface area contributed by atoms with Gasteiger partial charge in [-0.3, -0.25) is 9.40 Å². The monoisotopic (exact) mass is 472 g/mol. The molecule has 0 fully saturated rings. The van der Waals surface area contributed by atoms with Gasteiger partial charge in [0.2, 0.25) is 0 Å². The van der Waals surface area contributed by atoms with Gasteiger partial charge in [0, 0.05) is 30.8 Å². The number of carbonyl (C=O) groups is 1. The van der Waals surface area contributed by atoms with Crippen molar-refractivity contribution in [2.24, 2.45) is 0 Å². The number of aliphatic hydroxyl groups excluding tert-OH is 1. The van der Waals surface area contributed by atoms with E-state index in [1.807, 2.05) is 24.6 Å². The third-order valence-electron chi connectivity index (χ3n) is 6.93. The van der Waals surface area contributed by atoms with Crippen LogP contribution in [0.15, 0.2) is 17.2 Å². The summed E-state index contributed by atoms with van der Waals surface area (Å²) in [6, 6.07) is 4.14. The standard InChI is InChI=1S/C25H36N4O3S/c1-5-12-25(15-30,32-4)21-14-22(27-29(21)16(2)3)33-28-24(31)26-23-19-10-6-8-17(19)13-18-9-7-11-20(18)23/h13-14,16,30H,5-12,15H2,1-4H3,(H2,26,28,31). The van der Waals surface area contributed by atoms with Crippen molar-refractivity contribution in [2.45, 2.75) is 88.8 Å². The topological polar surface area (TPSA) is 88.4 Å². The van der Waals surface area contributed by atoms with Crippen LogP contribution in [0.2, 0.25) is 0 Å². The van der Waals surface area contributed by atoms with Gasteiger partial charge >= 0.3 is 6.03 Å². The van der Waals surface area contributed by atoms with Gasteiger partial charge in [0.05, 0.1) is 12.3 Å².